The molecular formula is C25H23NO3. The molecule has 0 aromatic heterocycles. The summed E-state index contributed by atoms with van der Waals surface area (Å²) in [6.07, 6.45) is 1.58. The number of rotatable bonds is 5. The first-order valence-corrected chi connectivity index (χ1v) is 9.92. The summed E-state index contributed by atoms with van der Waals surface area (Å²) < 4.78 is 5.47. The number of carbonyl (C=O) groups excluding carboxylic acids is 2. The van der Waals surface area contributed by atoms with Crippen LogP contribution in [0.5, 0.6) is 0 Å². The molecule has 3 aromatic carbocycles. The molecule has 0 radical (unpaired) electrons. The van der Waals surface area contributed by atoms with E-state index in [2.05, 4.69) is 6.07 Å². The number of fused-ring (bicyclic) bond motifs is 1. The molecule has 0 aliphatic carbocycles. The maximum absolute atomic E-state index is 13.0. The van der Waals surface area contributed by atoms with Gasteiger partial charge in [-0.3, -0.25) is 4.79 Å². The second-order valence-electron chi connectivity index (χ2n) is 7.16. The van der Waals surface area contributed by atoms with Gasteiger partial charge >= 0.3 is 5.97 Å². The average Bonchev–Trinajstić information content (AvgIpc) is 2.80. The SMILES string of the molecule is O=C(OCC[C@@H]1CCN(C(=O)c2ccccc2)c2ccccc21)c1ccccc1. The van der Waals surface area contributed by atoms with E-state index in [9.17, 15) is 9.59 Å². The van der Waals surface area contributed by atoms with E-state index in [4.69, 9.17) is 4.74 Å². The van der Waals surface area contributed by atoms with Crippen LogP contribution in [-0.2, 0) is 4.74 Å². The van der Waals surface area contributed by atoms with E-state index in [1.807, 2.05) is 71.6 Å². The topological polar surface area (TPSA) is 46.6 Å². The van der Waals surface area contributed by atoms with Crippen molar-refractivity contribution in [3.05, 3.63) is 102 Å². The molecule has 3 aromatic rings. The van der Waals surface area contributed by atoms with Gasteiger partial charge in [0.1, 0.15) is 0 Å². The van der Waals surface area contributed by atoms with Gasteiger partial charge in [-0.05, 0) is 54.7 Å². The van der Waals surface area contributed by atoms with Crippen molar-refractivity contribution >= 4 is 17.6 Å². The Kier molecular flexibility index (Phi) is 5.71. The van der Waals surface area contributed by atoms with Gasteiger partial charge in [-0.15, -0.1) is 0 Å². The first-order chi connectivity index (χ1) is 14.2. The minimum absolute atomic E-state index is 0.0204. The predicted octanol–water partition coefficient (Wildman–Crippen LogP) is 5.07. The van der Waals surface area contributed by atoms with E-state index in [0.717, 1.165) is 24.1 Å². The number of ether oxygens (including phenoxy) is 1. The molecule has 4 rings (SSSR count). The second kappa shape index (κ2) is 8.74. The van der Waals surface area contributed by atoms with Gasteiger partial charge in [0.15, 0.2) is 0 Å². The van der Waals surface area contributed by atoms with Crippen LogP contribution in [0.4, 0.5) is 5.69 Å². The number of benzene rings is 3. The van der Waals surface area contributed by atoms with Crippen LogP contribution in [0, 0.1) is 0 Å². The smallest absolute Gasteiger partial charge is 0.338 e. The highest BCUT2D eigenvalue weighted by atomic mass is 16.5. The zero-order valence-corrected chi connectivity index (χ0v) is 16.2. The number of anilines is 1. The summed E-state index contributed by atoms with van der Waals surface area (Å²) in [5.41, 5.74) is 3.35. The maximum atomic E-state index is 13.0. The molecule has 4 nitrogen and oxygen atoms in total. The highest BCUT2D eigenvalue weighted by Gasteiger charge is 2.29. The van der Waals surface area contributed by atoms with E-state index in [-0.39, 0.29) is 17.8 Å². The average molecular weight is 385 g/mol. The molecular weight excluding hydrogens is 362 g/mol. The lowest BCUT2D eigenvalue weighted by atomic mass is 9.87. The van der Waals surface area contributed by atoms with Crippen LogP contribution in [0.2, 0.25) is 0 Å². The van der Waals surface area contributed by atoms with Gasteiger partial charge < -0.3 is 9.64 Å². The fourth-order valence-corrected chi connectivity index (χ4v) is 3.84. The van der Waals surface area contributed by atoms with E-state index >= 15 is 0 Å². The largest absolute Gasteiger partial charge is 0.462 e. The summed E-state index contributed by atoms with van der Waals surface area (Å²) in [4.78, 5) is 27.0. The monoisotopic (exact) mass is 385 g/mol. The lowest BCUT2D eigenvalue weighted by Crippen LogP contribution is -2.37. The Morgan fingerprint density at radius 1 is 0.828 bits per heavy atom. The van der Waals surface area contributed by atoms with Crippen LogP contribution in [0.3, 0.4) is 0 Å². The van der Waals surface area contributed by atoms with Crippen LogP contribution < -0.4 is 4.90 Å². The molecule has 0 bridgehead atoms. The van der Waals surface area contributed by atoms with Crippen molar-refractivity contribution in [2.24, 2.45) is 0 Å². The van der Waals surface area contributed by atoms with Gasteiger partial charge in [0, 0.05) is 17.8 Å². The Hall–Kier alpha value is -3.40. The van der Waals surface area contributed by atoms with Gasteiger partial charge in [0.05, 0.1) is 12.2 Å². The number of hydrogen-bond donors (Lipinski definition) is 0. The van der Waals surface area contributed by atoms with E-state index in [0.29, 0.717) is 24.3 Å². The number of nitrogens with zero attached hydrogens (tertiary/aromatic N) is 1. The van der Waals surface area contributed by atoms with Gasteiger partial charge in [0.2, 0.25) is 0 Å². The summed E-state index contributed by atoms with van der Waals surface area (Å²) in [7, 11) is 0. The highest BCUT2D eigenvalue weighted by Crippen LogP contribution is 2.37. The van der Waals surface area contributed by atoms with Crippen molar-refractivity contribution in [2.75, 3.05) is 18.1 Å². The third-order valence-corrected chi connectivity index (χ3v) is 5.34. The number of esters is 1. The van der Waals surface area contributed by atoms with Crippen LogP contribution in [0.25, 0.3) is 0 Å². The highest BCUT2D eigenvalue weighted by molar-refractivity contribution is 6.06. The first-order valence-electron chi connectivity index (χ1n) is 9.92. The minimum atomic E-state index is -0.296. The van der Waals surface area contributed by atoms with Gasteiger partial charge in [-0.25, -0.2) is 4.79 Å². The Morgan fingerprint density at radius 2 is 1.45 bits per heavy atom. The molecule has 1 atom stereocenters. The van der Waals surface area contributed by atoms with E-state index in [1.54, 1.807) is 12.1 Å². The van der Waals surface area contributed by atoms with Crippen molar-refractivity contribution in [3.63, 3.8) is 0 Å². The fraction of sp³-hybridized carbons (Fsp3) is 0.200. The Labute approximate surface area is 170 Å². The Morgan fingerprint density at radius 3 is 2.17 bits per heavy atom. The first kappa shape index (κ1) is 18.9. The van der Waals surface area contributed by atoms with Crippen molar-refractivity contribution in [2.45, 2.75) is 18.8 Å². The zero-order valence-electron chi connectivity index (χ0n) is 16.2. The van der Waals surface area contributed by atoms with Gasteiger partial charge in [-0.2, -0.15) is 0 Å². The molecule has 29 heavy (non-hydrogen) atoms. The molecule has 0 saturated heterocycles. The Balaban J connectivity index is 1.44. The minimum Gasteiger partial charge on any atom is -0.462 e. The molecule has 0 spiro atoms. The number of amides is 1. The molecule has 0 unspecified atom stereocenters. The summed E-state index contributed by atoms with van der Waals surface area (Å²) in [5.74, 6) is -0.0165. The number of hydrogen-bond acceptors (Lipinski definition) is 3. The van der Waals surface area contributed by atoms with Crippen molar-refractivity contribution < 1.29 is 14.3 Å². The van der Waals surface area contributed by atoms with E-state index < -0.39 is 0 Å². The van der Waals surface area contributed by atoms with Crippen LogP contribution in [0.1, 0.15) is 45.0 Å². The molecule has 0 fully saturated rings. The lowest BCUT2D eigenvalue weighted by molar-refractivity contribution is 0.0492. The van der Waals surface area contributed by atoms with Crippen molar-refractivity contribution in [1.29, 1.82) is 0 Å². The maximum Gasteiger partial charge on any atom is 0.338 e. The van der Waals surface area contributed by atoms with Crippen molar-refractivity contribution in [3.8, 4) is 0 Å². The van der Waals surface area contributed by atoms with E-state index in [1.165, 1.54) is 0 Å². The normalized spacial score (nSPS) is 15.4. The molecule has 1 heterocycles. The molecule has 0 saturated carbocycles. The molecule has 0 N–H and O–H groups in total. The number of para-hydroxylation sites is 1. The van der Waals surface area contributed by atoms with Gasteiger partial charge in [-0.1, -0.05) is 54.6 Å². The third kappa shape index (κ3) is 4.21. The Bertz CT molecular complexity index is 985. The third-order valence-electron chi connectivity index (χ3n) is 5.34. The standard InChI is InChI=1S/C25H23NO3/c27-24(20-9-3-1-4-10-20)26-17-15-19(22-13-7-8-14-23(22)26)16-18-29-25(28)21-11-5-2-6-12-21/h1-14,19H,15-18H2/t19-/m0/s1. The zero-order chi connectivity index (χ0) is 20.1. The second-order valence-corrected chi connectivity index (χ2v) is 7.16. The van der Waals surface area contributed by atoms with Crippen LogP contribution >= 0.6 is 0 Å². The summed E-state index contributed by atoms with van der Waals surface area (Å²) in [6, 6.07) is 26.4. The number of carbonyl (C=O) groups is 2. The molecule has 4 heteroatoms. The molecule has 146 valence electrons. The fourth-order valence-electron chi connectivity index (χ4n) is 3.84. The van der Waals surface area contributed by atoms with Crippen LogP contribution in [0.15, 0.2) is 84.9 Å². The summed E-state index contributed by atoms with van der Waals surface area (Å²) in [5, 5.41) is 0. The quantitative estimate of drug-likeness (QED) is 0.576. The summed E-state index contributed by atoms with van der Waals surface area (Å²) in [6.45, 7) is 1.02. The van der Waals surface area contributed by atoms with Gasteiger partial charge in [0.25, 0.3) is 5.91 Å². The summed E-state index contributed by atoms with van der Waals surface area (Å²) >= 11 is 0. The molecule has 1 aliphatic rings. The van der Waals surface area contributed by atoms with Crippen molar-refractivity contribution in [1.82, 2.24) is 0 Å². The predicted molar refractivity (Wildman–Crippen MR) is 113 cm³/mol. The molecule has 1 aliphatic heterocycles. The molecule has 1 amide bonds. The van der Waals surface area contributed by atoms with Crippen LogP contribution in [-0.4, -0.2) is 25.0 Å². The lowest BCUT2D eigenvalue weighted by Gasteiger charge is -2.34.